The Balaban J connectivity index is 1.78. The highest BCUT2D eigenvalue weighted by atomic mass is 32.2. The third kappa shape index (κ3) is 4.43. The van der Waals surface area contributed by atoms with Crippen LogP contribution in [0, 0.1) is 5.92 Å². The van der Waals surface area contributed by atoms with Crippen LogP contribution in [-0.2, 0) is 0 Å². The Morgan fingerprint density at radius 2 is 2.17 bits per heavy atom. The summed E-state index contributed by atoms with van der Waals surface area (Å²) >= 11 is 2.15. The zero-order valence-electron chi connectivity index (χ0n) is 12.4. The van der Waals surface area contributed by atoms with E-state index in [0.29, 0.717) is 4.75 Å². The molecule has 3 heteroatoms. The van der Waals surface area contributed by atoms with Crippen molar-refractivity contribution in [2.45, 2.75) is 57.2 Å². The summed E-state index contributed by atoms with van der Waals surface area (Å²) in [6.45, 7) is 12.2. The smallest absolute Gasteiger partial charge is 0.0197 e. The summed E-state index contributed by atoms with van der Waals surface area (Å²) in [5.74, 6) is 2.27. The average molecular weight is 270 g/mol. The fourth-order valence-corrected chi connectivity index (χ4v) is 4.30. The van der Waals surface area contributed by atoms with Gasteiger partial charge in [0.1, 0.15) is 0 Å². The molecule has 2 aliphatic rings. The molecule has 0 aliphatic carbocycles. The Kier molecular flexibility index (Phi) is 5.40. The van der Waals surface area contributed by atoms with E-state index in [-0.39, 0.29) is 0 Å². The van der Waals surface area contributed by atoms with Crippen LogP contribution < -0.4 is 5.32 Å². The first-order chi connectivity index (χ1) is 8.59. The molecule has 1 N–H and O–H groups in total. The monoisotopic (exact) mass is 270 g/mol. The topological polar surface area (TPSA) is 15.3 Å². The van der Waals surface area contributed by atoms with Crippen LogP contribution in [0.15, 0.2) is 0 Å². The minimum Gasteiger partial charge on any atom is -0.313 e. The molecule has 0 bridgehead atoms. The molecule has 2 unspecified atom stereocenters. The van der Waals surface area contributed by atoms with E-state index < -0.39 is 0 Å². The molecule has 0 radical (unpaired) electrons. The molecule has 0 aromatic heterocycles. The van der Waals surface area contributed by atoms with Gasteiger partial charge in [-0.1, -0.05) is 27.2 Å². The molecule has 106 valence electrons. The molecule has 2 fully saturated rings. The summed E-state index contributed by atoms with van der Waals surface area (Å²) in [6.07, 6.45) is 5.47. The van der Waals surface area contributed by atoms with E-state index in [1.165, 1.54) is 57.6 Å². The molecule has 2 nitrogen and oxygen atoms in total. The SMILES string of the molecule is CCC1CCNC(CN2CCSC(C)(C)CC2)C1. The highest BCUT2D eigenvalue weighted by molar-refractivity contribution is 8.00. The van der Waals surface area contributed by atoms with Crippen molar-refractivity contribution in [3.05, 3.63) is 0 Å². The molecule has 0 aromatic rings. The van der Waals surface area contributed by atoms with Gasteiger partial charge in [-0.3, -0.25) is 0 Å². The van der Waals surface area contributed by atoms with Gasteiger partial charge < -0.3 is 10.2 Å². The van der Waals surface area contributed by atoms with Crippen LogP contribution in [0.2, 0.25) is 0 Å². The number of nitrogens with zero attached hydrogens (tertiary/aromatic N) is 1. The second kappa shape index (κ2) is 6.62. The normalized spacial score (nSPS) is 34.2. The third-order valence-corrected chi connectivity index (χ3v) is 5.96. The van der Waals surface area contributed by atoms with Gasteiger partial charge in [-0.2, -0.15) is 11.8 Å². The van der Waals surface area contributed by atoms with Crippen LogP contribution >= 0.6 is 11.8 Å². The van der Waals surface area contributed by atoms with Crippen molar-refractivity contribution in [2.24, 2.45) is 5.92 Å². The number of hydrogen-bond donors (Lipinski definition) is 1. The maximum atomic E-state index is 3.72. The van der Waals surface area contributed by atoms with E-state index in [4.69, 9.17) is 0 Å². The molecule has 2 heterocycles. The third-order valence-electron chi connectivity index (χ3n) is 4.59. The van der Waals surface area contributed by atoms with Gasteiger partial charge in [0.2, 0.25) is 0 Å². The van der Waals surface area contributed by atoms with Crippen LogP contribution in [0.1, 0.15) is 46.5 Å². The van der Waals surface area contributed by atoms with E-state index in [1.54, 1.807) is 0 Å². The van der Waals surface area contributed by atoms with E-state index in [9.17, 15) is 0 Å². The first-order valence-corrected chi connectivity index (χ1v) is 8.67. The lowest BCUT2D eigenvalue weighted by atomic mass is 9.90. The second-order valence-corrected chi connectivity index (χ2v) is 8.41. The lowest BCUT2D eigenvalue weighted by Gasteiger charge is -2.33. The lowest BCUT2D eigenvalue weighted by Crippen LogP contribution is -2.46. The van der Waals surface area contributed by atoms with Gasteiger partial charge in [0.05, 0.1) is 0 Å². The van der Waals surface area contributed by atoms with Gasteiger partial charge in [-0.25, -0.2) is 0 Å². The van der Waals surface area contributed by atoms with E-state index >= 15 is 0 Å². The fraction of sp³-hybridized carbons (Fsp3) is 1.00. The number of thioether (sulfide) groups is 1. The Bertz CT molecular complexity index is 255. The standard InChI is InChI=1S/C15H30N2S/c1-4-13-5-7-16-14(11-13)12-17-8-6-15(2,3)18-10-9-17/h13-14,16H,4-12H2,1-3H3. The summed E-state index contributed by atoms with van der Waals surface area (Å²) in [5.41, 5.74) is 0. The Hall–Kier alpha value is 0.270. The first kappa shape index (κ1) is 14.7. The largest absolute Gasteiger partial charge is 0.313 e. The van der Waals surface area contributed by atoms with E-state index in [0.717, 1.165) is 12.0 Å². The van der Waals surface area contributed by atoms with Gasteiger partial charge >= 0.3 is 0 Å². The average Bonchev–Trinajstić information content (AvgIpc) is 2.51. The predicted octanol–water partition coefficient (Wildman–Crippen LogP) is 2.98. The van der Waals surface area contributed by atoms with Gasteiger partial charge in [-0.05, 0) is 38.3 Å². The molecular formula is C15H30N2S. The Morgan fingerprint density at radius 1 is 1.33 bits per heavy atom. The zero-order chi connectivity index (χ0) is 13.0. The van der Waals surface area contributed by atoms with Gasteiger partial charge in [-0.15, -0.1) is 0 Å². The number of hydrogen-bond acceptors (Lipinski definition) is 3. The number of rotatable bonds is 3. The summed E-state index contributed by atoms with van der Waals surface area (Å²) in [6, 6.07) is 0.745. The molecule has 0 saturated carbocycles. The number of nitrogens with one attached hydrogen (secondary N) is 1. The van der Waals surface area contributed by atoms with Crippen LogP contribution in [0.4, 0.5) is 0 Å². The highest BCUT2D eigenvalue weighted by Gasteiger charge is 2.26. The van der Waals surface area contributed by atoms with Crippen molar-refractivity contribution in [2.75, 3.05) is 31.9 Å². The summed E-state index contributed by atoms with van der Waals surface area (Å²) in [4.78, 5) is 2.69. The van der Waals surface area contributed by atoms with Gasteiger partial charge in [0.25, 0.3) is 0 Å². The Morgan fingerprint density at radius 3 is 2.94 bits per heavy atom. The maximum Gasteiger partial charge on any atom is 0.0197 e. The molecule has 2 aliphatic heterocycles. The number of piperidine rings is 1. The molecule has 0 spiro atoms. The fourth-order valence-electron chi connectivity index (χ4n) is 3.16. The van der Waals surface area contributed by atoms with E-state index in [1.807, 2.05) is 0 Å². The summed E-state index contributed by atoms with van der Waals surface area (Å²) in [5, 5.41) is 3.72. The second-order valence-electron chi connectivity index (χ2n) is 6.61. The summed E-state index contributed by atoms with van der Waals surface area (Å²) in [7, 11) is 0. The molecule has 2 atom stereocenters. The maximum absolute atomic E-state index is 3.72. The molecule has 0 amide bonds. The van der Waals surface area contributed by atoms with Crippen molar-refractivity contribution < 1.29 is 0 Å². The quantitative estimate of drug-likeness (QED) is 0.849. The molecule has 2 saturated heterocycles. The van der Waals surface area contributed by atoms with E-state index in [2.05, 4.69) is 42.7 Å². The van der Waals surface area contributed by atoms with Gasteiger partial charge in [0, 0.05) is 29.6 Å². The molecule has 18 heavy (non-hydrogen) atoms. The van der Waals surface area contributed by atoms with Crippen LogP contribution in [-0.4, -0.2) is 47.6 Å². The van der Waals surface area contributed by atoms with Gasteiger partial charge in [0.15, 0.2) is 0 Å². The van der Waals surface area contributed by atoms with Crippen molar-refractivity contribution in [3.8, 4) is 0 Å². The zero-order valence-corrected chi connectivity index (χ0v) is 13.2. The van der Waals surface area contributed by atoms with Crippen LogP contribution in [0.3, 0.4) is 0 Å². The summed E-state index contributed by atoms with van der Waals surface area (Å²) < 4.78 is 0.487. The lowest BCUT2D eigenvalue weighted by molar-refractivity contribution is 0.204. The molecule has 2 rings (SSSR count). The first-order valence-electron chi connectivity index (χ1n) is 7.69. The molecule has 0 aromatic carbocycles. The highest BCUT2D eigenvalue weighted by Crippen LogP contribution is 2.31. The van der Waals surface area contributed by atoms with Crippen molar-refractivity contribution >= 4 is 11.8 Å². The molecular weight excluding hydrogens is 240 g/mol. The predicted molar refractivity (Wildman–Crippen MR) is 82.4 cm³/mol. The minimum absolute atomic E-state index is 0.487. The van der Waals surface area contributed by atoms with Crippen LogP contribution in [0.25, 0.3) is 0 Å². The minimum atomic E-state index is 0.487. The van der Waals surface area contributed by atoms with Crippen LogP contribution in [0.5, 0.6) is 0 Å². The van der Waals surface area contributed by atoms with Crippen molar-refractivity contribution in [1.82, 2.24) is 10.2 Å². The Labute approximate surface area is 117 Å². The van der Waals surface area contributed by atoms with Crippen molar-refractivity contribution in [3.63, 3.8) is 0 Å². The van der Waals surface area contributed by atoms with Crippen molar-refractivity contribution in [1.29, 1.82) is 0 Å².